The lowest BCUT2D eigenvalue weighted by molar-refractivity contribution is 0.0952. The number of amides is 1. The number of pyridine rings is 1. The fourth-order valence-corrected chi connectivity index (χ4v) is 4.32. The summed E-state index contributed by atoms with van der Waals surface area (Å²) >= 11 is 6.08. The van der Waals surface area contributed by atoms with E-state index in [1.807, 2.05) is 24.3 Å². The van der Waals surface area contributed by atoms with Crippen molar-refractivity contribution in [1.82, 2.24) is 20.3 Å². The Morgan fingerprint density at radius 1 is 1.00 bits per heavy atom. The van der Waals surface area contributed by atoms with Gasteiger partial charge in [0, 0.05) is 24.3 Å². The number of fused-ring (bicyclic) bond motifs is 1. The second kappa shape index (κ2) is 10.7. The number of benzene rings is 3. The summed E-state index contributed by atoms with van der Waals surface area (Å²) in [4.78, 5) is 36.3. The average molecular weight is 516 g/mol. The van der Waals surface area contributed by atoms with Gasteiger partial charge >= 0.3 is 0 Å². The maximum Gasteiger partial charge on any atom is 0.261 e. The van der Waals surface area contributed by atoms with Crippen molar-refractivity contribution in [2.45, 2.75) is 13.0 Å². The van der Waals surface area contributed by atoms with E-state index in [2.05, 4.69) is 25.6 Å². The molecule has 5 aromatic rings. The number of para-hydroxylation sites is 1. The monoisotopic (exact) mass is 515 g/mol. The maximum atomic E-state index is 13.2. The Balaban J connectivity index is 1.38. The lowest BCUT2D eigenvalue weighted by Gasteiger charge is -2.10. The van der Waals surface area contributed by atoms with Crippen molar-refractivity contribution in [3.05, 3.63) is 117 Å². The van der Waals surface area contributed by atoms with E-state index in [0.29, 0.717) is 51.7 Å². The van der Waals surface area contributed by atoms with Gasteiger partial charge in [-0.15, -0.1) is 0 Å². The van der Waals surface area contributed by atoms with E-state index < -0.39 is 0 Å². The van der Waals surface area contributed by atoms with Gasteiger partial charge < -0.3 is 20.6 Å². The van der Waals surface area contributed by atoms with E-state index in [0.717, 1.165) is 11.1 Å². The van der Waals surface area contributed by atoms with E-state index in [1.54, 1.807) is 42.6 Å². The highest BCUT2D eigenvalue weighted by molar-refractivity contribution is 6.30. The third-order valence-corrected chi connectivity index (χ3v) is 6.17. The molecule has 0 aliphatic rings. The van der Waals surface area contributed by atoms with Crippen LogP contribution >= 0.6 is 11.6 Å². The van der Waals surface area contributed by atoms with Crippen LogP contribution in [0.3, 0.4) is 0 Å². The van der Waals surface area contributed by atoms with Crippen LogP contribution in [0.25, 0.3) is 22.4 Å². The summed E-state index contributed by atoms with van der Waals surface area (Å²) in [6.07, 6.45) is 2.29. The van der Waals surface area contributed by atoms with Gasteiger partial charge in [0.1, 0.15) is 22.7 Å². The molecule has 2 heterocycles. The highest BCUT2D eigenvalue weighted by Gasteiger charge is 2.18. The van der Waals surface area contributed by atoms with Crippen LogP contribution in [0.5, 0.6) is 0 Å². The zero-order valence-corrected chi connectivity index (χ0v) is 20.4. The lowest BCUT2D eigenvalue weighted by atomic mass is 10.1. The molecule has 0 spiro atoms. The maximum absolute atomic E-state index is 13.2. The van der Waals surface area contributed by atoms with E-state index in [9.17, 15) is 14.0 Å². The molecule has 1 amide bonds. The highest BCUT2D eigenvalue weighted by Crippen LogP contribution is 2.26. The normalized spacial score (nSPS) is 11.0. The minimum absolute atomic E-state index is 0.242. The molecule has 7 nitrogen and oxygen atoms in total. The van der Waals surface area contributed by atoms with Gasteiger partial charge in [-0.25, -0.2) is 9.37 Å². The van der Waals surface area contributed by atoms with Crippen LogP contribution in [0, 0.1) is 5.82 Å². The molecule has 0 bridgehead atoms. The van der Waals surface area contributed by atoms with Crippen LogP contribution in [0.4, 0.5) is 10.1 Å². The van der Waals surface area contributed by atoms with Crippen LogP contribution < -0.4 is 16.2 Å². The number of nitrogens with one attached hydrogen (secondary N) is 4. The van der Waals surface area contributed by atoms with Gasteiger partial charge in [0.15, 0.2) is 0 Å². The van der Waals surface area contributed by atoms with Crippen LogP contribution in [0.15, 0.2) is 83.8 Å². The van der Waals surface area contributed by atoms with E-state index in [4.69, 9.17) is 11.6 Å². The van der Waals surface area contributed by atoms with Gasteiger partial charge in [-0.1, -0.05) is 41.9 Å². The van der Waals surface area contributed by atoms with Crippen molar-refractivity contribution in [1.29, 1.82) is 0 Å². The molecule has 2 aromatic heterocycles. The summed E-state index contributed by atoms with van der Waals surface area (Å²) in [6, 6.07) is 20.5. The number of hydrogen-bond acceptors (Lipinski definition) is 4. The molecule has 0 saturated carbocycles. The van der Waals surface area contributed by atoms with Crippen LogP contribution in [0.2, 0.25) is 5.02 Å². The van der Waals surface area contributed by atoms with E-state index in [1.165, 1.54) is 12.1 Å². The second-order valence-electron chi connectivity index (χ2n) is 8.50. The fourth-order valence-electron chi connectivity index (χ4n) is 4.11. The largest absolute Gasteiger partial charge is 0.384 e. The predicted octanol–water partition coefficient (Wildman–Crippen LogP) is 5.30. The third-order valence-electron chi connectivity index (χ3n) is 5.94. The minimum atomic E-state index is -0.335. The van der Waals surface area contributed by atoms with Crippen LogP contribution in [0.1, 0.15) is 21.5 Å². The van der Waals surface area contributed by atoms with Crippen LogP contribution in [-0.2, 0) is 13.0 Å². The topological polar surface area (TPSA) is 103 Å². The van der Waals surface area contributed by atoms with Crippen molar-refractivity contribution in [3.63, 3.8) is 0 Å². The first-order chi connectivity index (χ1) is 18.0. The molecule has 0 aliphatic heterocycles. The number of carbonyl (C=O) groups excluding carboxylic acids is 1. The van der Waals surface area contributed by atoms with Crippen molar-refractivity contribution < 1.29 is 9.18 Å². The Labute approximate surface area is 216 Å². The molecule has 3 aromatic carbocycles. The zero-order valence-electron chi connectivity index (χ0n) is 19.6. The van der Waals surface area contributed by atoms with Crippen molar-refractivity contribution >= 4 is 34.2 Å². The van der Waals surface area contributed by atoms with Crippen LogP contribution in [-0.4, -0.2) is 27.4 Å². The smallest absolute Gasteiger partial charge is 0.261 e. The SMILES string of the molecule is O=C(NCc1ccc(F)cc1)c1cccc2[nH]c(-c3c(NCCc4cccc(Cl)c4)cc[nH]c3=O)nc12. The Bertz CT molecular complexity index is 1630. The Morgan fingerprint density at radius 3 is 2.62 bits per heavy atom. The molecular formula is C28H23ClFN5O2. The molecule has 37 heavy (non-hydrogen) atoms. The molecule has 0 unspecified atom stereocenters. The molecule has 186 valence electrons. The van der Waals surface area contributed by atoms with Crippen molar-refractivity contribution in [2.24, 2.45) is 0 Å². The summed E-state index contributed by atoms with van der Waals surface area (Å²) < 4.78 is 13.2. The quantitative estimate of drug-likeness (QED) is 0.225. The average Bonchev–Trinajstić information content (AvgIpc) is 3.32. The Kier molecular flexibility index (Phi) is 7.00. The molecule has 0 atom stereocenters. The molecule has 0 aliphatic carbocycles. The summed E-state index contributed by atoms with van der Waals surface area (Å²) in [5.74, 6) is -0.311. The molecular weight excluding hydrogens is 493 g/mol. The number of halogens is 2. The molecule has 0 saturated heterocycles. The predicted molar refractivity (Wildman–Crippen MR) is 143 cm³/mol. The first-order valence-electron chi connectivity index (χ1n) is 11.7. The third kappa shape index (κ3) is 5.54. The summed E-state index contributed by atoms with van der Waals surface area (Å²) in [7, 11) is 0. The summed E-state index contributed by atoms with van der Waals surface area (Å²) in [5, 5.41) is 6.83. The summed E-state index contributed by atoms with van der Waals surface area (Å²) in [5.41, 5.74) is 3.94. The minimum Gasteiger partial charge on any atom is -0.384 e. The zero-order chi connectivity index (χ0) is 25.8. The Hall–Kier alpha value is -4.43. The number of hydrogen-bond donors (Lipinski definition) is 4. The van der Waals surface area contributed by atoms with Gasteiger partial charge in [0.05, 0.1) is 16.8 Å². The number of rotatable bonds is 8. The molecule has 4 N–H and O–H groups in total. The lowest BCUT2D eigenvalue weighted by Crippen LogP contribution is -2.23. The van der Waals surface area contributed by atoms with Gasteiger partial charge in [0.25, 0.3) is 11.5 Å². The fraction of sp³-hybridized carbons (Fsp3) is 0.107. The number of aromatic nitrogens is 3. The van der Waals surface area contributed by atoms with Crippen molar-refractivity contribution in [3.8, 4) is 11.4 Å². The number of H-pyrrole nitrogens is 2. The molecule has 5 rings (SSSR count). The number of carbonyl (C=O) groups is 1. The van der Waals surface area contributed by atoms with Gasteiger partial charge in [0.2, 0.25) is 0 Å². The van der Waals surface area contributed by atoms with E-state index in [-0.39, 0.29) is 23.8 Å². The first-order valence-corrected chi connectivity index (χ1v) is 12.1. The Morgan fingerprint density at radius 2 is 1.81 bits per heavy atom. The number of aromatic amines is 2. The second-order valence-corrected chi connectivity index (χ2v) is 8.93. The number of nitrogens with zero attached hydrogens (tertiary/aromatic N) is 1. The van der Waals surface area contributed by atoms with Gasteiger partial charge in [-0.3, -0.25) is 9.59 Å². The number of anilines is 1. The standard InChI is InChI=1S/C28H23ClFN5O2/c29-19-4-1-3-17(15-19)11-13-31-22-12-14-32-28(37)24(22)26-34-23-6-2-5-21(25(23)35-26)27(36)33-16-18-7-9-20(30)10-8-18/h1-10,12,14-15H,11,13,16H2,(H,33,36)(H,34,35)(H2,31,32,37). The van der Waals surface area contributed by atoms with Crippen molar-refractivity contribution in [2.75, 3.05) is 11.9 Å². The highest BCUT2D eigenvalue weighted by atomic mass is 35.5. The summed E-state index contributed by atoms with van der Waals surface area (Å²) in [6.45, 7) is 0.819. The van der Waals surface area contributed by atoms with Gasteiger partial charge in [-0.05, 0) is 60.0 Å². The van der Waals surface area contributed by atoms with Gasteiger partial charge in [-0.2, -0.15) is 0 Å². The molecule has 9 heteroatoms. The van der Waals surface area contributed by atoms with E-state index >= 15 is 0 Å². The molecule has 0 radical (unpaired) electrons. The first kappa shape index (κ1) is 24.3. The molecule has 0 fully saturated rings. The number of imidazole rings is 1.